The third-order valence-corrected chi connectivity index (χ3v) is 7.42. The lowest BCUT2D eigenvalue weighted by atomic mass is 9.80. The van der Waals surface area contributed by atoms with Gasteiger partial charge in [-0.25, -0.2) is 4.39 Å². The van der Waals surface area contributed by atoms with Crippen molar-refractivity contribution in [2.24, 2.45) is 0 Å². The maximum Gasteiger partial charge on any atom is 0.270 e. The number of halogens is 3. The summed E-state index contributed by atoms with van der Waals surface area (Å²) < 4.78 is 15.2. The fourth-order valence-electron chi connectivity index (χ4n) is 4.41. The van der Waals surface area contributed by atoms with E-state index in [0.717, 1.165) is 22.6 Å². The molecule has 0 bridgehead atoms. The molecule has 4 rings (SSSR count). The van der Waals surface area contributed by atoms with Gasteiger partial charge in [0.1, 0.15) is 11.4 Å². The van der Waals surface area contributed by atoms with Gasteiger partial charge in [-0.2, -0.15) is 0 Å². The predicted molar refractivity (Wildman–Crippen MR) is 135 cm³/mol. The second-order valence-corrected chi connectivity index (χ2v) is 10.1. The SMILES string of the molecule is CC1CC(C)(C)N(C)c2cc(F)c(/C=C3/C(=O)NC(=S)N(c4cccc(Cl)c4Cl)C3=O)cc21. The van der Waals surface area contributed by atoms with Crippen LogP contribution in [0.25, 0.3) is 6.08 Å². The number of amides is 2. The zero-order valence-corrected chi connectivity index (χ0v) is 20.8. The Balaban J connectivity index is 1.79. The largest absolute Gasteiger partial charge is 0.369 e. The number of rotatable bonds is 2. The van der Waals surface area contributed by atoms with Gasteiger partial charge in [0.05, 0.1) is 15.7 Å². The number of fused-ring (bicyclic) bond motifs is 1. The molecule has 1 saturated heterocycles. The van der Waals surface area contributed by atoms with Crippen LogP contribution in [0.1, 0.15) is 44.2 Å². The molecule has 1 atom stereocenters. The zero-order chi connectivity index (χ0) is 24.2. The summed E-state index contributed by atoms with van der Waals surface area (Å²) in [5.41, 5.74) is 1.76. The average Bonchev–Trinajstić information content (AvgIpc) is 2.72. The van der Waals surface area contributed by atoms with Crippen LogP contribution in [0.15, 0.2) is 35.9 Å². The van der Waals surface area contributed by atoms with Crippen LogP contribution in [-0.2, 0) is 9.59 Å². The van der Waals surface area contributed by atoms with Gasteiger partial charge in [0, 0.05) is 23.8 Å². The number of nitrogens with zero attached hydrogens (tertiary/aromatic N) is 2. The lowest BCUT2D eigenvalue weighted by molar-refractivity contribution is -0.122. The van der Waals surface area contributed by atoms with Crippen molar-refractivity contribution in [2.45, 2.75) is 38.6 Å². The molecule has 2 aromatic carbocycles. The van der Waals surface area contributed by atoms with Gasteiger partial charge in [-0.15, -0.1) is 0 Å². The van der Waals surface area contributed by atoms with Gasteiger partial charge in [-0.1, -0.05) is 36.2 Å². The molecular formula is C24H22Cl2FN3O2S. The minimum atomic E-state index is -0.712. The first-order chi connectivity index (χ1) is 15.4. The smallest absolute Gasteiger partial charge is 0.270 e. The van der Waals surface area contributed by atoms with Crippen molar-refractivity contribution in [1.29, 1.82) is 0 Å². The summed E-state index contributed by atoms with van der Waals surface area (Å²) in [7, 11) is 1.94. The summed E-state index contributed by atoms with van der Waals surface area (Å²) in [6.07, 6.45) is 2.14. The molecule has 5 nitrogen and oxygen atoms in total. The highest BCUT2D eigenvalue weighted by Gasteiger charge is 2.37. The number of benzene rings is 2. The van der Waals surface area contributed by atoms with E-state index < -0.39 is 17.6 Å². The first-order valence-corrected chi connectivity index (χ1v) is 11.5. The summed E-state index contributed by atoms with van der Waals surface area (Å²) >= 11 is 17.6. The Hall–Kier alpha value is -2.48. The highest BCUT2D eigenvalue weighted by molar-refractivity contribution is 7.80. The maximum atomic E-state index is 15.2. The van der Waals surface area contributed by atoms with Crippen molar-refractivity contribution in [3.05, 3.63) is 62.9 Å². The molecule has 2 aliphatic rings. The topological polar surface area (TPSA) is 52.7 Å². The number of carbonyl (C=O) groups excluding carboxylic acids is 2. The van der Waals surface area contributed by atoms with E-state index in [2.05, 4.69) is 31.0 Å². The molecule has 2 heterocycles. The van der Waals surface area contributed by atoms with Crippen LogP contribution in [-0.4, -0.2) is 29.5 Å². The molecule has 0 spiro atoms. The first-order valence-electron chi connectivity index (χ1n) is 10.3. The molecule has 2 aliphatic heterocycles. The minimum Gasteiger partial charge on any atom is -0.369 e. The molecule has 1 unspecified atom stereocenters. The van der Waals surface area contributed by atoms with Crippen molar-refractivity contribution in [1.82, 2.24) is 5.32 Å². The van der Waals surface area contributed by atoms with Gasteiger partial charge < -0.3 is 4.90 Å². The van der Waals surface area contributed by atoms with Crippen LogP contribution >= 0.6 is 35.4 Å². The maximum absolute atomic E-state index is 15.2. The van der Waals surface area contributed by atoms with Crippen molar-refractivity contribution < 1.29 is 14.0 Å². The number of carbonyl (C=O) groups is 2. The Bertz CT molecular complexity index is 1240. The normalized spacial score (nSPS) is 21.4. The number of hydrogen-bond acceptors (Lipinski definition) is 4. The van der Waals surface area contributed by atoms with Gasteiger partial charge in [-0.3, -0.25) is 19.8 Å². The van der Waals surface area contributed by atoms with E-state index in [1.165, 1.54) is 12.1 Å². The molecule has 0 aromatic heterocycles. The third kappa shape index (κ3) is 4.03. The van der Waals surface area contributed by atoms with Crippen LogP contribution in [0, 0.1) is 5.82 Å². The molecule has 1 N–H and O–H groups in total. The molecule has 172 valence electrons. The van der Waals surface area contributed by atoms with E-state index in [4.69, 9.17) is 35.4 Å². The molecular weight excluding hydrogens is 484 g/mol. The summed E-state index contributed by atoms with van der Waals surface area (Å²) in [6, 6.07) is 7.91. The van der Waals surface area contributed by atoms with Crippen LogP contribution in [0.4, 0.5) is 15.8 Å². The minimum absolute atomic E-state index is 0.116. The van der Waals surface area contributed by atoms with E-state index in [9.17, 15) is 9.59 Å². The van der Waals surface area contributed by atoms with Crippen molar-refractivity contribution in [2.75, 3.05) is 16.8 Å². The highest BCUT2D eigenvalue weighted by Crippen LogP contribution is 2.43. The molecule has 0 radical (unpaired) electrons. The average molecular weight is 506 g/mol. The second-order valence-electron chi connectivity index (χ2n) is 8.94. The molecule has 1 fully saturated rings. The summed E-state index contributed by atoms with van der Waals surface area (Å²) in [4.78, 5) is 29.1. The summed E-state index contributed by atoms with van der Waals surface area (Å²) in [5, 5.41) is 2.70. The van der Waals surface area contributed by atoms with Crippen LogP contribution in [0.5, 0.6) is 0 Å². The number of hydrogen-bond donors (Lipinski definition) is 1. The predicted octanol–water partition coefficient (Wildman–Crippen LogP) is 5.69. The Morgan fingerprint density at radius 1 is 1.21 bits per heavy atom. The lowest BCUT2D eigenvalue weighted by Crippen LogP contribution is -2.54. The summed E-state index contributed by atoms with van der Waals surface area (Å²) in [6.45, 7) is 6.32. The molecule has 33 heavy (non-hydrogen) atoms. The number of thiocarbonyl (C=S) groups is 1. The Labute approximate surface area is 207 Å². The second kappa shape index (κ2) is 8.38. The number of nitrogens with one attached hydrogen (secondary N) is 1. The third-order valence-electron chi connectivity index (χ3n) is 6.33. The highest BCUT2D eigenvalue weighted by atomic mass is 35.5. The Morgan fingerprint density at radius 3 is 2.61 bits per heavy atom. The Kier molecular flexibility index (Phi) is 6.01. The van der Waals surface area contributed by atoms with Gasteiger partial charge in [-0.05, 0) is 74.3 Å². The van der Waals surface area contributed by atoms with E-state index in [-0.39, 0.29) is 43.4 Å². The van der Waals surface area contributed by atoms with E-state index >= 15 is 4.39 Å². The molecule has 9 heteroatoms. The fraction of sp³-hybridized carbons (Fsp3) is 0.292. The van der Waals surface area contributed by atoms with Gasteiger partial charge in [0.2, 0.25) is 0 Å². The van der Waals surface area contributed by atoms with Gasteiger partial charge >= 0.3 is 0 Å². The van der Waals surface area contributed by atoms with Gasteiger partial charge in [0.15, 0.2) is 5.11 Å². The van der Waals surface area contributed by atoms with Crippen molar-refractivity contribution >= 4 is 69.8 Å². The van der Waals surface area contributed by atoms with Crippen molar-refractivity contribution in [3.63, 3.8) is 0 Å². The Morgan fingerprint density at radius 2 is 1.91 bits per heavy atom. The summed E-state index contributed by atoms with van der Waals surface area (Å²) in [5.74, 6) is -1.77. The molecule has 2 amide bonds. The molecule has 2 aromatic rings. The fourth-order valence-corrected chi connectivity index (χ4v) is 5.07. The first kappa shape index (κ1) is 23.7. The zero-order valence-electron chi connectivity index (χ0n) is 18.5. The van der Waals surface area contributed by atoms with E-state index in [1.807, 2.05) is 7.05 Å². The van der Waals surface area contributed by atoms with E-state index in [0.29, 0.717) is 0 Å². The monoisotopic (exact) mass is 505 g/mol. The molecule has 0 aliphatic carbocycles. The lowest BCUT2D eigenvalue weighted by Gasteiger charge is -2.45. The van der Waals surface area contributed by atoms with Crippen LogP contribution < -0.4 is 15.1 Å². The standard InChI is InChI=1S/C24H22Cl2FN3O2S/c1-12-11-24(2,3)29(4)19-10-17(27)13(8-14(12)19)9-15-21(31)28-23(33)30(22(15)32)18-7-5-6-16(25)20(18)26/h5-10,12H,11H2,1-4H3,(H,28,31,33)/b15-9-. The quantitative estimate of drug-likeness (QED) is 0.323. The van der Waals surface area contributed by atoms with Crippen LogP contribution in [0.2, 0.25) is 10.0 Å². The van der Waals surface area contributed by atoms with Crippen LogP contribution in [0.3, 0.4) is 0 Å². The molecule has 0 saturated carbocycles. The van der Waals surface area contributed by atoms with E-state index in [1.54, 1.807) is 24.3 Å². The number of anilines is 2. The van der Waals surface area contributed by atoms with Gasteiger partial charge in [0.25, 0.3) is 11.8 Å². The van der Waals surface area contributed by atoms with Crippen molar-refractivity contribution in [3.8, 4) is 0 Å².